The largest absolute Gasteiger partial charge is 0.409 e. The first-order valence-electron chi connectivity index (χ1n) is 4.48. The molecule has 1 aromatic rings. The Labute approximate surface area is 91.3 Å². The summed E-state index contributed by atoms with van der Waals surface area (Å²) in [6.07, 6.45) is 1.62. The van der Waals surface area contributed by atoms with E-state index in [0.29, 0.717) is 10.9 Å². The molecular weight excluding hydrogens is 214 g/mol. The van der Waals surface area contributed by atoms with Crippen LogP contribution in [0.2, 0.25) is 0 Å². The van der Waals surface area contributed by atoms with E-state index >= 15 is 0 Å². The summed E-state index contributed by atoms with van der Waals surface area (Å²) in [5.74, 6) is 0.0401. The average Bonchev–Trinajstić information content (AvgIpc) is 2.23. The fourth-order valence-electron chi connectivity index (χ4n) is 1.19. The average molecular weight is 225 g/mol. The van der Waals surface area contributed by atoms with Crippen molar-refractivity contribution in [3.05, 3.63) is 24.0 Å². The first kappa shape index (κ1) is 10.3. The van der Waals surface area contributed by atoms with Crippen LogP contribution in [0.3, 0.4) is 0 Å². The van der Waals surface area contributed by atoms with E-state index in [9.17, 15) is 0 Å². The molecule has 2 rings (SSSR count). The fraction of sp³-hybridized carbons (Fsp3) is 0.333. The highest BCUT2D eigenvalue weighted by molar-refractivity contribution is 8.00. The number of oxime groups is 1. The molecule has 0 spiro atoms. The lowest BCUT2D eigenvalue weighted by Crippen LogP contribution is -2.30. The summed E-state index contributed by atoms with van der Waals surface area (Å²) in [7, 11) is 0. The molecule has 15 heavy (non-hydrogen) atoms. The van der Waals surface area contributed by atoms with Gasteiger partial charge in [-0.05, 0) is 12.1 Å². The van der Waals surface area contributed by atoms with Crippen molar-refractivity contribution in [2.45, 2.75) is 10.1 Å². The number of rotatable bonds is 3. The van der Waals surface area contributed by atoms with Crippen LogP contribution >= 0.6 is 11.8 Å². The van der Waals surface area contributed by atoms with E-state index in [4.69, 9.17) is 15.7 Å². The molecule has 0 aromatic carbocycles. The molecule has 0 atom stereocenters. The molecule has 5 nitrogen and oxygen atoms in total. The van der Waals surface area contributed by atoms with Crippen LogP contribution in [0.1, 0.15) is 5.69 Å². The Morgan fingerprint density at radius 1 is 1.67 bits per heavy atom. The minimum Gasteiger partial charge on any atom is -0.409 e. The number of hydrogen-bond acceptors (Lipinski definition) is 5. The van der Waals surface area contributed by atoms with Crippen molar-refractivity contribution in [1.82, 2.24) is 4.98 Å². The number of nitrogens with two attached hydrogens (primary N) is 1. The summed E-state index contributed by atoms with van der Waals surface area (Å²) in [5.41, 5.74) is 6.05. The third kappa shape index (κ3) is 2.21. The number of nitrogens with zero attached hydrogens (tertiary/aromatic N) is 2. The van der Waals surface area contributed by atoms with E-state index in [2.05, 4.69) is 10.1 Å². The zero-order valence-corrected chi connectivity index (χ0v) is 8.78. The van der Waals surface area contributed by atoms with Gasteiger partial charge in [0, 0.05) is 11.1 Å². The summed E-state index contributed by atoms with van der Waals surface area (Å²) in [6.45, 7) is 1.49. The van der Waals surface area contributed by atoms with Gasteiger partial charge < -0.3 is 15.7 Å². The van der Waals surface area contributed by atoms with Crippen molar-refractivity contribution in [3.8, 4) is 0 Å². The quantitative estimate of drug-likeness (QED) is 0.342. The molecular formula is C9H11N3O2S. The second-order valence-electron chi connectivity index (χ2n) is 3.11. The molecule has 0 amide bonds. The van der Waals surface area contributed by atoms with Gasteiger partial charge in [-0.2, -0.15) is 0 Å². The first-order valence-corrected chi connectivity index (χ1v) is 5.36. The van der Waals surface area contributed by atoms with Crippen LogP contribution in [-0.4, -0.2) is 34.5 Å². The van der Waals surface area contributed by atoms with Gasteiger partial charge in [0.15, 0.2) is 5.84 Å². The smallest absolute Gasteiger partial charge is 0.189 e. The van der Waals surface area contributed by atoms with E-state index in [1.165, 1.54) is 0 Å². The van der Waals surface area contributed by atoms with Crippen LogP contribution in [0.25, 0.3) is 0 Å². The molecule has 0 unspecified atom stereocenters. The van der Waals surface area contributed by atoms with Gasteiger partial charge in [0.2, 0.25) is 0 Å². The van der Waals surface area contributed by atoms with Gasteiger partial charge in [-0.15, -0.1) is 11.8 Å². The normalized spacial score (nSPS) is 17.5. The molecule has 1 fully saturated rings. The summed E-state index contributed by atoms with van der Waals surface area (Å²) in [6, 6.07) is 3.74. The maximum atomic E-state index is 8.61. The van der Waals surface area contributed by atoms with Crippen molar-refractivity contribution < 1.29 is 9.94 Å². The maximum absolute atomic E-state index is 8.61. The molecule has 6 heteroatoms. The van der Waals surface area contributed by atoms with Crippen molar-refractivity contribution in [2.75, 3.05) is 13.2 Å². The first-order chi connectivity index (χ1) is 7.31. The highest BCUT2D eigenvalue weighted by Crippen LogP contribution is 2.29. The second kappa shape index (κ2) is 4.50. The standard InChI is InChI=1S/C9H11N3O2S/c10-9(12-13)8-7(2-1-3-11-8)15-6-4-14-5-6/h1-3,6,13H,4-5H2,(H2,10,12). The topological polar surface area (TPSA) is 80.7 Å². The Kier molecular flexibility index (Phi) is 3.08. The molecule has 1 aliphatic heterocycles. The predicted octanol–water partition coefficient (Wildman–Crippen LogP) is 0.667. The molecule has 80 valence electrons. The van der Waals surface area contributed by atoms with Crippen molar-refractivity contribution in [1.29, 1.82) is 0 Å². The Hall–Kier alpha value is -1.27. The van der Waals surface area contributed by atoms with Crippen LogP contribution < -0.4 is 5.73 Å². The number of aromatic nitrogens is 1. The number of pyridine rings is 1. The molecule has 0 aliphatic carbocycles. The zero-order chi connectivity index (χ0) is 10.7. The number of thioether (sulfide) groups is 1. The summed E-state index contributed by atoms with van der Waals surface area (Å²) < 4.78 is 5.08. The van der Waals surface area contributed by atoms with Gasteiger partial charge in [0.05, 0.1) is 18.5 Å². The zero-order valence-electron chi connectivity index (χ0n) is 7.96. The summed E-state index contributed by atoms with van der Waals surface area (Å²) >= 11 is 1.64. The molecule has 3 N–H and O–H groups in total. The van der Waals surface area contributed by atoms with Gasteiger partial charge in [-0.1, -0.05) is 5.16 Å². The molecule has 1 aromatic heterocycles. The maximum Gasteiger partial charge on any atom is 0.189 e. The number of ether oxygens (including phenoxy) is 1. The van der Waals surface area contributed by atoms with Crippen molar-refractivity contribution >= 4 is 17.6 Å². The van der Waals surface area contributed by atoms with Gasteiger partial charge in [-0.3, -0.25) is 4.98 Å². The van der Waals surface area contributed by atoms with Gasteiger partial charge in [-0.25, -0.2) is 0 Å². The second-order valence-corrected chi connectivity index (χ2v) is 4.45. The minimum atomic E-state index is 0.0401. The molecule has 2 heterocycles. The van der Waals surface area contributed by atoms with Crippen molar-refractivity contribution in [2.24, 2.45) is 10.9 Å². The van der Waals surface area contributed by atoms with Crippen LogP contribution in [0.4, 0.5) is 0 Å². The van der Waals surface area contributed by atoms with E-state index < -0.39 is 0 Å². The van der Waals surface area contributed by atoms with E-state index in [1.807, 2.05) is 12.1 Å². The van der Waals surface area contributed by atoms with E-state index in [0.717, 1.165) is 18.1 Å². The fourth-order valence-corrected chi connectivity index (χ4v) is 2.30. The number of amidine groups is 1. The van der Waals surface area contributed by atoms with Crippen molar-refractivity contribution in [3.63, 3.8) is 0 Å². The SMILES string of the molecule is N/C(=N/O)c1ncccc1SC1COC1. The monoisotopic (exact) mass is 225 g/mol. The Morgan fingerprint density at radius 3 is 3.07 bits per heavy atom. The predicted molar refractivity (Wildman–Crippen MR) is 57.2 cm³/mol. The Bertz CT molecular complexity index is 379. The number of hydrogen-bond donors (Lipinski definition) is 2. The van der Waals surface area contributed by atoms with E-state index in [1.54, 1.807) is 18.0 Å². The lowest BCUT2D eigenvalue weighted by atomic mass is 10.3. The van der Waals surface area contributed by atoms with Crippen LogP contribution in [-0.2, 0) is 4.74 Å². The molecule has 0 bridgehead atoms. The summed E-state index contributed by atoms with van der Waals surface area (Å²) in [5, 5.41) is 12.0. The third-order valence-corrected chi connectivity index (χ3v) is 3.21. The molecule has 0 radical (unpaired) electrons. The Morgan fingerprint density at radius 2 is 2.47 bits per heavy atom. The lowest BCUT2D eigenvalue weighted by molar-refractivity contribution is 0.0455. The van der Waals surface area contributed by atoms with Crippen LogP contribution in [0, 0.1) is 0 Å². The minimum absolute atomic E-state index is 0.0401. The van der Waals surface area contributed by atoms with Crippen LogP contribution in [0.5, 0.6) is 0 Å². The van der Waals surface area contributed by atoms with Crippen LogP contribution in [0.15, 0.2) is 28.4 Å². The summed E-state index contributed by atoms with van der Waals surface area (Å²) in [4.78, 5) is 5.00. The highest BCUT2D eigenvalue weighted by atomic mass is 32.2. The van der Waals surface area contributed by atoms with Gasteiger partial charge >= 0.3 is 0 Å². The van der Waals surface area contributed by atoms with E-state index in [-0.39, 0.29) is 5.84 Å². The lowest BCUT2D eigenvalue weighted by Gasteiger charge is -2.25. The molecule has 1 saturated heterocycles. The Balaban J connectivity index is 2.20. The van der Waals surface area contributed by atoms with Gasteiger partial charge in [0.25, 0.3) is 0 Å². The third-order valence-electron chi connectivity index (χ3n) is 2.02. The van der Waals surface area contributed by atoms with Gasteiger partial charge in [0.1, 0.15) is 5.69 Å². The molecule has 0 saturated carbocycles. The molecule has 1 aliphatic rings. The highest BCUT2D eigenvalue weighted by Gasteiger charge is 2.21.